The number of aromatic nitrogens is 1. The molecule has 0 radical (unpaired) electrons. The van der Waals surface area contributed by atoms with Crippen LogP contribution in [0.2, 0.25) is 0 Å². The number of fused-ring (bicyclic) bond motifs is 1. The van der Waals surface area contributed by atoms with Crippen molar-refractivity contribution >= 4 is 22.5 Å². The lowest BCUT2D eigenvalue weighted by molar-refractivity contribution is 0.102. The van der Waals surface area contributed by atoms with Crippen LogP contribution in [0.4, 0.5) is 5.69 Å². The Balaban J connectivity index is 1.79. The number of carbonyl (C=O) groups is 1. The maximum atomic E-state index is 12.4. The molecule has 3 aromatic rings. The van der Waals surface area contributed by atoms with E-state index < -0.39 is 0 Å². The van der Waals surface area contributed by atoms with Gasteiger partial charge in [-0.25, -0.2) is 0 Å². The van der Waals surface area contributed by atoms with Crippen LogP contribution in [0.3, 0.4) is 0 Å². The quantitative estimate of drug-likeness (QED) is 0.732. The molecule has 0 bridgehead atoms. The normalized spacial score (nSPS) is 11.5. The van der Waals surface area contributed by atoms with Crippen LogP contribution in [0.15, 0.2) is 48.5 Å². The summed E-state index contributed by atoms with van der Waals surface area (Å²) in [6.07, 6.45) is 0. The zero-order valence-corrected chi connectivity index (χ0v) is 14.4. The van der Waals surface area contributed by atoms with Gasteiger partial charge < -0.3 is 15.0 Å². The number of ether oxygens (including phenoxy) is 1. The van der Waals surface area contributed by atoms with Crippen molar-refractivity contribution < 1.29 is 9.53 Å². The Kier molecular flexibility index (Phi) is 4.06. The number of hydrogen-bond acceptors (Lipinski definition) is 2. The summed E-state index contributed by atoms with van der Waals surface area (Å²) >= 11 is 0. The van der Waals surface area contributed by atoms with E-state index in [0.29, 0.717) is 5.69 Å². The fraction of sp³-hybridized carbons (Fsp3) is 0.250. The molecule has 0 spiro atoms. The van der Waals surface area contributed by atoms with Crippen LogP contribution in [0.1, 0.15) is 36.8 Å². The van der Waals surface area contributed by atoms with E-state index in [2.05, 4.69) is 31.1 Å². The topological polar surface area (TPSA) is 54.1 Å². The molecule has 0 aliphatic carbocycles. The Morgan fingerprint density at radius 3 is 2.38 bits per heavy atom. The van der Waals surface area contributed by atoms with Crippen LogP contribution in [0.5, 0.6) is 5.75 Å². The van der Waals surface area contributed by atoms with Crippen molar-refractivity contribution in [2.45, 2.75) is 26.2 Å². The van der Waals surface area contributed by atoms with Gasteiger partial charge in [0.15, 0.2) is 0 Å². The fourth-order valence-corrected chi connectivity index (χ4v) is 2.61. The van der Waals surface area contributed by atoms with E-state index in [-0.39, 0.29) is 11.3 Å². The van der Waals surface area contributed by atoms with Gasteiger partial charge in [0, 0.05) is 16.6 Å². The molecule has 4 nitrogen and oxygen atoms in total. The number of methoxy groups -OCH3 is 1. The highest BCUT2D eigenvalue weighted by Gasteiger charge is 2.14. The average Bonchev–Trinajstić information content (AvgIpc) is 2.97. The van der Waals surface area contributed by atoms with Crippen LogP contribution in [-0.2, 0) is 5.41 Å². The number of hydrogen-bond donors (Lipinski definition) is 2. The van der Waals surface area contributed by atoms with Gasteiger partial charge in [-0.1, -0.05) is 32.9 Å². The Labute approximate surface area is 141 Å². The molecule has 1 heterocycles. The summed E-state index contributed by atoms with van der Waals surface area (Å²) in [5.74, 6) is 0.611. The highest BCUT2D eigenvalue weighted by atomic mass is 16.5. The number of carbonyl (C=O) groups excluding carboxylic acids is 1. The van der Waals surface area contributed by atoms with Crippen LogP contribution in [0, 0.1) is 0 Å². The van der Waals surface area contributed by atoms with Gasteiger partial charge in [0.25, 0.3) is 5.91 Å². The number of H-pyrrole nitrogens is 1. The summed E-state index contributed by atoms with van der Waals surface area (Å²) in [6.45, 7) is 6.50. The molecule has 0 aliphatic heterocycles. The van der Waals surface area contributed by atoms with E-state index in [9.17, 15) is 4.79 Å². The second-order valence-electron chi connectivity index (χ2n) is 6.92. The molecule has 4 heteroatoms. The minimum atomic E-state index is -0.159. The molecular weight excluding hydrogens is 300 g/mol. The third kappa shape index (κ3) is 3.27. The molecule has 1 aromatic heterocycles. The Hall–Kier alpha value is -2.75. The van der Waals surface area contributed by atoms with E-state index in [1.54, 1.807) is 7.11 Å². The lowest BCUT2D eigenvalue weighted by Crippen LogP contribution is -2.13. The maximum Gasteiger partial charge on any atom is 0.272 e. The first kappa shape index (κ1) is 16.1. The van der Waals surface area contributed by atoms with Crippen molar-refractivity contribution in [3.8, 4) is 5.75 Å². The average molecular weight is 322 g/mol. The van der Waals surface area contributed by atoms with Crippen molar-refractivity contribution in [3.63, 3.8) is 0 Å². The number of benzene rings is 2. The van der Waals surface area contributed by atoms with E-state index in [1.807, 2.05) is 48.5 Å². The fourth-order valence-electron chi connectivity index (χ4n) is 2.61. The highest BCUT2D eigenvalue weighted by Crippen LogP contribution is 2.24. The minimum Gasteiger partial charge on any atom is -0.497 e. The first-order valence-corrected chi connectivity index (χ1v) is 7.95. The van der Waals surface area contributed by atoms with Crippen molar-refractivity contribution in [2.75, 3.05) is 12.4 Å². The molecule has 0 saturated heterocycles. The van der Waals surface area contributed by atoms with Crippen LogP contribution in [-0.4, -0.2) is 18.0 Å². The predicted octanol–water partition coefficient (Wildman–Crippen LogP) is 4.73. The molecule has 2 N–H and O–H groups in total. The van der Waals surface area contributed by atoms with E-state index in [4.69, 9.17) is 4.74 Å². The van der Waals surface area contributed by atoms with Gasteiger partial charge in [-0.2, -0.15) is 0 Å². The van der Waals surface area contributed by atoms with Gasteiger partial charge >= 0.3 is 0 Å². The second-order valence-corrected chi connectivity index (χ2v) is 6.92. The Morgan fingerprint density at radius 2 is 1.75 bits per heavy atom. The highest BCUT2D eigenvalue weighted by molar-refractivity contribution is 6.06. The SMILES string of the molecule is COc1ccc2[nH]c(C(=O)Nc3ccc(C(C)(C)C)cc3)cc2c1. The number of nitrogens with one attached hydrogen (secondary N) is 2. The molecule has 0 unspecified atom stereocenters. The number of rotatable bonds is 3. The first-order valence-electron chi connectivity index (χ1n) is 7.95. The molecule has 1 amide bonds. The van der Waals surface area contributed by atoms with Crippen LogP contribution in [0.25, 0.3) is 10.9 Å². The summed E-state index contributed by atoms with van der Waals surface area (Å²) in [4.78, 5) is 15.6. The van der Waals surface area contributed by atoms with E-state index in [1.165, 1.54) is 5.56 Å². The summed E-state index contributed by atoms with van der Waals surface area (Å²) < 4.78 is 5.21. The molecule has 124 valence electrons. The minimum absolute atomic E-state index is 0.0960. The Bertz CT molecular complexity index is 871. The molecule has 3 rings (SSSR count). The third-order valence-electron chi connectivity index (χ3n) is 4.08. The summed E-state index contributed by atoms with van der Waals surface area (Å²) in [5, 5.41) is 3.87. The smallest absolute Gasteiger partial charge is 0.272 e. The second kappa shape index (κ2) is 6.04. The van der Waals surface area contributed by atoms with Gasteiger partial charge in [-0.15, -0.1) is 0 Å². The lowest BCUT2D eigenvalue weighted by Gasteiger charge is -2.19. The summed E-state index contributed by atoms with van der Waals surface area (Å²) in [6, 6.07) is 15.5. The molecule has 2 aromatic carbocycles. The monoisotopic (exact) mass is 322 g/mol. The van der Waals surface area contributed by atoms with Crippen molar-refractivity contribution in [2.24, 2.45) is 0 Å². The lowest BCUT2D eigenvalue weighted by atomic mass is 9.87. The molecule has 0 fully saturated rings. The standard InChI is InChI=1S/C20H22N2O2/c1-20(2,3)14-5-7-15(8-6-14)21-19(23)18-12-13-11-16(24-4)9-10-17(13)22-18/h5-12,22H,1-4H3,(H,21,23). The molecule has 0 atom stereocenters. The van der Waals surface area contributed by atoms with E-state index in [0.717, 1.165) is 22.3 Å². The number of amides is 1. The van der Waals surface area contributed by atoms with Gasteiger partial charge in [0.05, 0.1) is 7.11 Å². The zero-order valence-electron chi connectivity index (χ0n) is 14.4. The van der Waals surface area contributed by atoms with Crippen molar-refractivity contribution in [3.05, 3.63) is 59.8 Å². The largest absolute Gasteiger partial charge is 0.497 e. The molecule has 0 aliphatic rings. The molecule has 24 heavy (non-hydrogen) atoms. The van der Waals surface area contributed by atoms with Gasteiger partial charge in [0.1, 0.15) is 11.4 Å². The van der Waals surface area contributed by atoms with Crippen molar-refractivity contribution in [1.29, 1.82) is 0 Å². The van der Waals surface area contributed by atoms with Gasteiger partial charge in [-0.05, 0) is 47.4 Å². The summed E-state index contributed by atoms with van der Waals surface area (Å²) in [7, 11) is 1.63. The number of anilines is 1. The predicted molar refractivity (Wildman–Crippen MR) is 97.9 cm³/mol. The molecule has 0 saturated carbocycles. The zero-order chi connectivity index (χ0) is 17.3. The van der Waals surface area contributed by atoms with Crippen LogP contribution >= 0.6 is 0 Å². The first-order chi connectivity index (χ1) is 11.4. The maximum absolute atomic E-state index is 12.4. The van der Waals surface area contributed by atoms with Gasteiger partial charge in [-0.3, -0.25) is 4.79 Å². The van der Waals surface area contributed by atoms with Crippen molar-refractivity contribution in [1.82, 2.24) is 4.98 Å². The Morgan fingerprint density at radius 1 is 1.04 bits per heavy atom. The molecular formula is C20H22N2O2. The van der Waals surface area contributed by atoms with Crippen LogP contribution < -0.4 is 10.1 Å². The van der Waals surface area contributed by atoms with E-state index >= 15 is 0 Å². The third-order valence-corrected chi connectivity index (χ3v) is 4.08. The number of aromatic amines is 1. The summed E-state index contributed by atoms with van der Waals surface area (Å²) in [5.41, 5.74) is 3.54. The van der Waals surface area contributed by atoms with Gasteiger partial charge in [0.2, 0.25) is 0 Å².